The van der Waals surface area contributed by atoms with Crippen LogP contribution in [0.15, 0.2) is 42.5 Å². The molecule has 1 atom stereocenters. The lowest BCUT2D eigenvalue weighted by Gasteiger charge is -2.15. The maximum atomic E-state index is 5.97. The summed E-state index contributed by atoms with van der Waals surface area (Å²) < 4.78 is 7.15. The predicted octanol–water partition coefficient (Wildman–Crippen LogP) is 4.20. The molecule has 0 radical (unpaired) electrons. The van der Waals surface area contributed by atoms with Crippen molar-refractivity contribution in [1.29, 1.82) is 0 Å². The molecule has 2 aromatic carbocycles. The van der Waals surface area contributed by atoms with Crippen LogP contribution in [0.5, 0.6) is 5.75 Å². The molecule has 0 aromatic heterocycles. The summed E-state index contributed by atoms with van der Waals surface area (Å²) in [6.07, 6.45) is 0. The predicted molar refractivity (Wildman–Crippen MR) is 87.3 cm³/mol. The van der Waals surface area contributed by atoms with Crippen molar-refractivity contribution in [3.63, 3.8) is 0 Å². The lowest BCUT2D eigenvalue weighted by atomic mass is 10.1. The van der Waals surface area contributed by atoms with E-state index in [1.54, 1.807) is 0 Å². The van der Waals surface area contributed by atoms with Gasteiger partial charge in [-0.3, -0.25) is 0 Å². The van der Waals surface area contributed by atoms with Gasteiger partial charge in [-0.15, -0.1) is 0 Å². The molecule has 0 aliphatic carbocycles. The van der Waals surface area contributed by atoms with Gasteiger partial charge in [-0.25, -0.2) is 0 Å². The summed E-state index contributed by atoms with van der Waals surface area (Å²) in [6.45, 7) is 4.60. The lowest BCUT2D eigenvalue weighted by Crippen LogP contribution is -2.08. The van der Waals surface area contributed by atoms with Gasteiger partial charge in [-0.05, 0) is 65.8 Å². The maximum absolute atomic E-state index is 5.97. The second-order valence-electron chi connectivity index (χ2n) is 4.75. The SMILES string of the molecule is Cc1ccc([C@@H](C)N)c(OCc2ccc(I)cc2)c1. The van der Waals surface area contributed by atoms with Crippen molar-refractivity contribution in [3.8, 4) is 5.75 Å². The van der Waals surface area contributed by atoms with E-state index in [1.807, 2.05) is 19.1 Å². The third kappa shape index (κ3) is 3.94. The summed E-state index contributed by atoms with van der Waals surface area (Å²) in [5.74, 6) is 0.883. The van der Waals surface area contributed by atoms with Crippen molar-refractivity contribution in [3.05, 3.63) is 62.7 Å². The molecule has 0 aliphatic rings. The summed E-state index contributed by atoms with van der Waals surface area (Å²) >= 11 is 2.30. The Labute approximate surface area is 128 Å². The van der Waals surface area contributed by atoms with Gasteiger partial charge in [0.15, 0.2) is 0 Å². The van der Waals surface area contributed by atoms with E-state index in [0.29, 0.717) is 6.61 Å². The Balaban J connectivity index is 2.14. The highest BCUT2D eigenvalue weighted by atomic mass is 127. The highest BCUT2D eigenvalue weighted by Crippen LogP contribution is 2.26. The van der Waals surface area contributed by atoms with Crippen molar-refractivity contribution in [2.75, 3.05) is 0 Å². The number of halogens is 1. The van der Waals surface area contributed by atoms with Gasteiger partial charge >= 0.3 is 0 Å². The second-order valence-corrected chi connectivity index (χ2v) is 5.99. The minimum absolute atomic E-state index is 0.0210. The number of benzene rings is 2. The quantitative estimate of drug-likeness (QED) is 0.823. The van der Waals surface area contributed by atoms with Gasteiger partial charge in [0.25, 0.3) is 0 Å². The highest BCUT2D eigenvalue weighted by Gasteiger charge is 2.08. The first-order valence-corrected chi connectivity index (χ1v) is 7.37. The van der Waals surface area contributed by atoms with Gasteiger partial charge in [-0.1, -0.05) is 24.3 Å². The summed E-state index contributed by atoms with van der Waals surface area (Å²) in [5.41, 5.74) is 9.37. The number of aryl methyl sites for hydroxylation is 1. The molecule has 2 rings (SSSR count). The molecular formula is C16H18INO. The van der Waals surface area contributed by atoms with Crippen LogP contribution >= 0.6 is 22.6 Å². The zero-order chi connectivity index (χ0) is 13.8. The third-order valence-corrected chi connectivity index (χ3v) is 3.69. The summed E-state index contributed by atoms with van der Waals surface area (Å²) in [4.78, 5) is 0. The molecular weight excluding hydrogens is 349 g/mol. The van der Waals surface area contributed by atoms with Crippen LogP contribution in [0.3, 0.4) is 0 Å². The Kier molecular flexibility index (Phi) is 4.82. The zero-order valence-electron chi connectivity index (χ0n) is 11.2. The van der Waals surface area contributed by atoms with Crippen molar-refractivity contribution < 1.29 is 4.74 Å². The van der Waals surface area contributed by atoms with Crippen molar-refractivity contribution in [2.45, 2.75) is 26.5 Å². The molecule has 0 saturated carbocycles. The molecule has 100 valence electrons. The van der Waals surface area contributed by atoms with E-state index in [-0.39, 0.29) is 6.04 Å². The van der Waals surface area contributed by atoms with E-state index in [4.69, 9.17) is 10.5 Å². The van der Waals surface area contributed by atoms with Gasteiger partial charge in [0.1, 0.15) is 12.4 Å². The van der Waals surface area contributed by atoms with E-state index >= 15 is 0 Å². The van der Waals surface area contributed by atoms with Gasteiger partial charge < -0.3 is 10.5 Å². The van der Waals surface area contributed by atoms with Crippen LogP contribution in [0.4, 0.5) is 0 Å². The monoisotopic (exact) mass is 367 g/mol. The van der Waals surface area contributed by atoms with Gasteiger partial charge in [0.2, 0.25) is 0 Å². The van der Waals surface area contributed by atoms with Crippen molar-refractivity contribution in [2.24, 2.45) is 5.73 Å². The van der Waals surface area contributed by atoms with Crippen LogP contribution in [0.25, 0.3) is 0 Å². The van der Waals surface area contributed by atoms with Crippen LogP contribution in [0, 0.1) is 10.5 Å². The number of hydrogen-bond acceptors (Lipinski definition) is 2. The first-order valence-electron chi connectivity index (χ1n) is 6.29. The molecule has 0 fully saturated rings. The molecule has 0 amide bonds. The fourth-order valence-electron chi connectivity index (χ4n) is 1.88. The minimum atomic E-state index is -0.0210. The summed E-state index contributed by atoms with van der Waals surface area (Å²) in [5, 5.41) is 0. The number of rotatable bonds is 4. The Morgan fingerprint density at radius 2 is 1.84 bits per heavy atom. The van der Waals surface area contributed by atoms with E-state index < -0.39 is 0 Å². The molecule has 0 heterocycles. The normalized spacial score (nSPS) is 12.2. The molecule has 2 aromatic rings. The van der Waals surface area contributed by atoms with Crippen LogP contribution in [0.2, 0.25) is 0 Å². The first kappa shape index (κ1) is 14.3. The average Bonchev–Trinajstić information content (AvgIpc) is 2.38. The smallest absolute Gasteiger partial charge is 0.124 e. The fourth-order valence-corrected chi connectivity index (χ4v) is 2.24. The van der Waals surface area contributed by atoms with E-state index in [2.05, 4.69) is 59.8 Å². The van der Waals surface area contributed by atoms with E-state index in [9.17, 15) is 0 Å². The zero-order valence-corrected chi connectivity index (χ0v) is 13.3. The van der Waals surface area contributed by atoms with E-state index in [1.165, 1.54) is 9.13 Å². The molecule has 2 nitrogen and oxygen atoms in total. The number of ether oxygens (including phenoxy) is 1. The minimum Gasteiger partial charge on any atom is -0.489 e. The van der Waals surface area contributed by atoms with Gasteiger partial charge in [-0.2, -0.15) is 0 Å². The Hall–Kier alpha value is -1.07. The van der Waals surface area contributed by atoms with Crippen LogP contribution in [-0.2, 0) is 6.61 Å². The molecule has 0 saturated heterocycles. The van der Waals surface area contributed by atoms with Crippen LogP contribution in [0.1, 0.15) is 29.7 Å². The molecule has 19 heavy (non-hydrogen) atoms. The molecule has 0 bridgehead atoms. The summed E-state index contributed by atoms with van der Waals surface area (Å²) in [6, 6.07) is 14.5. The highest BCUT2D eigenvalue weighted by molar-refractivity contribution is 14.1. The number of hydrogen-bond donors (Lipinski definition) is 1. The molecule has 0 unspecified atom stereocenters. The summed E-state index contributed by atoms with van der Waals surface area (Å²) in [7, 11) is 0. The average molecular weight is 367 g/mol. The largest absolute Gasteiger partial charge is 0.489 e. The maximum Gasteiger partial charge on any atom is 0.124 e. The molecule has 2 N–H and O–H groups in total. The Morgan fingerprint density at radius 1 is 1.16 bits per heavy atom. The van der Waals surface area contributed by atoms with Crippen molar-refractivity contribution >= 4 is 22.6 Å². The second kappa shape index (κ2) is 6.39. The standard InChI is InChI=1S/C16H18INO/c1-11-3-8-15(12(2)18)16(9-11)19-10-13-4-6-14(17)7-5-13/h3-9,12H,10,18H2,1-2H3/t12-/m1/s1. The van der Waals surface area contributed by atoms with Gasteiger partial charge in [0.05, 0.1) is 0 Å². The van der Waals surface area contributed by atoms with Gasteiger partial charge in [0, 0.05) is 15.2 Å². The molecule has 0 aliphatic heterocycles. The lowest BCUT2D eigenvalue weighted by molar-refractivity contribution is 0.301. The van der Waals surface area contributed by atoms with Crippen LogP contribution < -0.4 is 10.5 Å². The molecule has 3 heteroatoms. The van der Waals surface area contributed by atoms with Crippen LogP contribution in [-0.4, -0.2) is 0 Å². The van der Waals surface area contributed by atoms with E-state index in [0.717, 1.165) is 16.9 Å². The topological polar surface area (TPSA) is 35.2 Å². The Morgan fingerprint density at radius 3 is 2.47 bits per heavy atom. The fraction of sp³-hybridized carbons (Fsp3) is 0.250. The number of nitrogens with two attached hydrogens (primary N) is 1. The van der Waals surface area contributed by atoms with Crippen molar-refractivity contribution in [1.82, 2.24) is 0 Å². The molecule has 0 spiro atoms. The third-order valence-electron chi connectivity index (χ3n) is 2.97. The Bertz CT molecular complexity index is 549. The first-order chi connectivity index (χ1) is 9.06.